The van der Waals surface area contributed by atoms with Gasteiger partial charge in [0.15, 0.2) is 0 Å². The van der Waals surface area contributed by atoms with Crippen LogP contribution in [0, 0.1) is 5.82 Å². The lowest BCUT2D eigenvalue weighted by atomic mass is 10.2. The van der Waals surface area contributed by atoms with Crippen LogP contribution in [0.2, 0.25) is 5.02 Å². The average molecular weight is 491 g/mol. The van der Waals surface area contributed by atoms with E-state index < -0.39 is 21.7 Å². The maximum absolute atomic E-state index is 13.3. The number of amides is 1. The standard InChI is InChI=1S/C23H20ClFN2O5S/c1-31-21-6-4-3-5-19(21)27-33(29,30)16-9-11-22(32-2)20(14-16)26-23(28)12-8-15-7-10-18(25)17(24)13-15/h3-14,27H,1-2H3,(H,26,28)/b12-8+. The van der Waals surface area contributed by atoms with E-state index in [1.165, 1.54) is 62.8 Å². The first kappa shape index (κ1) is 24.1. The first-order chi connectivity index (χ1) is 15.7. The second-order valence-corrected chi connectivity index (χ2v) is 8.75. The number of para-hydroxylation sites is 2. The maximum atomic E-state index is 13.3. The summed E-state index contributed by atoms with van der Waals surface area (Å²) in [5.41, 5.74) is 0.926. The highest BCUT2D eigenvalue weighted by molar-refractivity contribution is 7.92. The number of rotatable bonds is 8. The van der Waals surface area contributed by atoms with Crippen LogP contribution < -0.4 is 19.5 Å². The van der Waals surface area contributed by atoms with E-state index in [2.05, 4.69) is 10.0 Å². The highest BCUT2D eigenvalue weighted by Gasteiger charge is 2.19. The summed E-state index contributed by atoms with van der Waals surface area (Å²) in [6.45, 7) is 0. The third-order valence-electron chi connectivity index (χ3n) is 4.46. The number of hydrogen-bond acceptors (Lipinski definition) is 5. The molecule has 0 unspecified atom stereocenters. The van der Waals surface area contributed by atoms with Gasteiger partial charge in [0.25, 0.3) is 10.0 Å². The number of sulfonamides is 1. The minimum absolute atomic E-state index is 0.0697. The number of anilines is 2. The fourth-order valence-electron chi connectivity index (χ4n) is 2.85. The molecule has 0 aromatic heterocycles. The molecule has 0 spiro atoms. The Morgan fingerprint density at radius 2 is 1.67 bits per heavy atom. The van der Waals surface area contributed by atoms with Crippen LogP contribution in [-0.4, -0.2) is 28.5 Å². The molecule has 0 fully saturated rings. The zero-order chi connectivity index (χ0) is 24.0. The molecule has 0 heterocycles. The number of methoxy groups -OCH3 is 2. The Kier molecular flexibility index (Phi) is 7.57. The van der Waals surface area contributed by atoms with Crippen LogP contribution in [0.1, 0.15) is 5.56 Å². The largest absolute Gasteiger partial charge is 0.495 e. The van der Waals surface area contributed by atoms with Gasteiger partial charge in [0.2, 0.25) is 5.91 Å². The smallest absolute Gasteiger partial charge is 0.262 e. The highest BCUT2D eigenvalue weighted by atomic mass is 35.5. The van der Waals surface area contributed by atoms with Gasteiger partial charge in [-0.15, -0.1) is 0 Å². The van der Waals surface area contributed by atoms with Gasteiger partial charge in [-0.25, -0.2) is 12.8 Å². The molecule has 1 amide bonds. The number of halogens is 2. The molecule has 172 valence electrons. The summed E-state index contributed by atoms with van der Waals surface area (Å²) < 4.78 is 51.9. The summed E-state index contributed by atoms with van der Waals surface area (Å²) in [6.07, 6.45) is 2.65. The van der Waals surface area contributed by atoms with Gasteiger partial charge in [0.05, 0.1) is 35.5 Å². The van der Waals surface area contributed by atoms with Crippen LogP contribution >= 0.6 is 11.6 Å². The lowest BCUT2D eigenvalue weighted by Gasteiger charge is -2.14. The molecule has 0 saturated carbocycles. The molecule has 3 aromatic carbocycles. The van der Waals surface area contributed by atoms with Gasteiger partial charge in [-0.2, -0.15) is 0 Å². The van der Waals surface area contributed by atoms with Crippen molar-refractivity contribution in [3.8, 4) is 11.5 Å². The number of hydrogen-bond donors (Lipinski definition) is 2. The highest BCUT2D eigenvalue weighted by Crippen LogP contribution is 2.30. The molecule has 0 aliphatic rings. The van der Waals surface area contributed by atoms with Crippen molar-refractivity contribution < 1.29 is 27.1 Å². The maximum Gasteiger partial charge on any atom is 0.262 e. The zero-order valence-electron chi connectivity index (χ0n) is 17.6. The normalized spacial score (nSPS) is 11.3. The lowest BCUT2D eigenvalue weighted by molar-refractivity contribution is -0.111. The fraction of sp³-hybridized carbons (Fsp3) is 0.0870. The van der Waals surface area contributed by atoms with E-state index in [-0.39, 0.29) is 27.0 Å². The number of carbonyl (C=O) groups is 1. The topological polar surface area (TPSA) is 93.7 Å². The van der Waals surface area contributed by atoms with Gasteiger partial charge in [0, 0.05) is 6.08 Å². The van der Waals surface area contributed by atoms with E-state index in [1.807, 2.05) is 0 Å². The summed E-state index contributed by atoms with van der Waals surface area (Å²) in [5.74, 6) is -0.504. The summed E-state index contributed by atoms with van der Waals surface area (Å²) in [5, 5.41) is 2.51. The van der Waals surface area contributed by atoms with E-state index in [0.717, 1.165) is 0 Å². The average Bonchev–Trinajstić information content (AvgIpc) is 2.80. The van der Waals surface area contributed by atoms with Crippen molar-refractivity contribution in [3.63, 3.8) is 0 Å². The van der Waals surface area contributed by atoms with E-state index >= 15 is 0 Å². The van der Waals surface area contributed by atoms with Crippen molar-refractivity contribution in [3.05, 3.63) is 83.1 Å². The Bertz CT molecular complexity index is 1310. The zero-order valence-corrected chi connectivity index (χ0v) is 19.2. The Morgan fingerprint density at radius 3 is 2.36 bits per heavy atom. The second-order valence-electron chi connectivity index (χ2n) is 6.66. The molecule has 0 radical (unpaired) electrons. The van der Waals surface area contributed by atoms with Crippen LogP contribution in [0.3, 0.4) is 0 Å². The third-order valence-corrected chi connectivity index (χ3v) is 6.11. The third kappa shape index (κ3) is 6.03. The van der Waals surface area contributed by atoms with Crippen molar-refractivity contribution in [2.45, 2.75) is 4.90 Å². The fourth-order valence-corrected chi connectivity index (χ4v) is 4.13. The van der Waals surface area contributed by atoms with Crippen LogP contribution in [0.25, 0.3) is 6.08 Å². The van der Waals surface area contributed by atoms with E-state index in [9.17, 15) is 17.6 Å². The first-order valence-corrected chi connectivity index (χ1v) is 11.4. The summed E-state index contributed by atoms with van der Waals surface area (Å²) >= 11 is 5.74. The number of carbonyl (C=O) groups excluding carboxylic acids is 1. The van der Waals surface area contributed by atoms with Gasteiger partial charge < -0.3 is 14.8 Å². The molecule has 3 aromatic rings. The van der Waals surface area contributed by atoms with Crippen molar-refractivity contribution >= 4 is 45.0 Å². The van der Waals surface area contributed by atoms with Gasteiger partial charge in [-0.3, -0.25) is 9.52 Å². The number of nitrogens with one attached hydrogen (secondary N) is 2. The van der Waals surface area contributed by atoms with Gasteiger partial charge in [-0.05, 0) is 54.1 Å². The second kappa shape index (κ2) is 10.4. The van der Waals surface area contributed by atoms with Crippen molar-refractivity contribution in [2.24, 2.45) is 0 Å². The molecule has 3 rings (SSSR count). The van der Waals surface area contributed by atoms with Gasteiger partial charge in [-0.1, -0.05) is 29.8 Å². The Balaban J connectivity index is 1.83. The Morgan fingerprint density at radius 1 is 0.970 bits per heavy atom. The SMILES string of the molecule is COc1ccc(S(=O)(=O)Nc2ccccc2OC)cc1NC(=O)/C=C/c1ccc(F)c(Cl)c1. The lowest BCUT2D eigenvalue weighted by Crippen LogP contribution is -2.15. The minimum atomic E-state index is -4.00. The molecule has 0 bridgehead atoms. The molecule has 10 heteroatoms. The van der Waals surface area contributed by atoms with E-state index in [4.69, 9.17) is 21.1 Å². The Hall–Kier alpha value is -3.56. The number of ether oxygens (including phenoxy) is 2. The molecular formula is C23H20ClFN2O5S. The van der Waals surface area contributed by atoms with Crippen LogP contribution in [0.15, 0.2) is 71.6 Å². The molecular weight excluding hydrogens is 471 g/mol. The molecule has 0 atom stereocenters. The molecule has 33 heavy (non-hydrogen) atoms. The number of benzene rings is 3. The van der Waals surface area contributed by atoms with E-state index in [1.54, 1.807) is 24.3 Å². The van der Waals surface area contributed by atoms with Crippen LogP contribution in [-0.2, 0) is 14.8 Å². The van der Waals surface area contributed by atoms with Crippen molar-refractivity contribution in [1.82, 2.24) is 0 Å². The molecule has 0 aliphatic carbocycles. The summed E-state index contributed by atoms with van der Waals surface area (Å²) in [7, 11) is -1.17. The predicted octanol–water partition coefficient (Wildman–Crippen LogP) is 4.95. The van der Waals surface area contributed by atoms with E-state index in [0.29, 0.717) is 11.3 Å². The van der Waals surface area contributed by atoms with Gasteiger partial charge in [0.1, 0.15) is 17.3 Å². The summed E-state index contributed by atoms with van der Waals surface area (Å²) in [4.78, 5) is 12.3. The molecule has 7 nitrogen and oxygen atoms in total. The van der Waals surface area contributed by atoms with Crippen molar-refractivity contribution in [1.29, 1.82) is 0 Å². The molecule has 0 saturated heterocycles. The first-order valence-electron chi connectivity index (χ1n) is 9.51. The monoisotopic (exact) mass is 490 g/mol. The Labute approximate surface area is 195 Å². The quantitative estimate of drug-likeness (QED) is 0.436. The van der Waals surface area contributed by atoms with Crippen LogP contribution in [0.5, 0.6) is 11.5 Å². The summed E-state index contributed by atoms with van der Waals surface area (Å²) in [6, 6.07) is 14.6. The van der Waals surface area contributed by atoms with Crippen molar-refractivity contribution in [2.75, 3.05) is 24.3 Å². The van der Waals surface area contributed by atoms with Crippen LogP contribution in [0.4, 0.5) is 15.8 Å². The predicted molar refractivity (Wildman–Crippen MR) is 126 cm³/mol. The van der Waals surface area contributed by atoms with Gasteiger partial charge >= 0.3 is 0 Å². The minimum Gasteiger partial charge on any atom is -0.495 e. The molecule has 0 aliphatic heterocycles. The molecule has 2 N–H and O–H groups in total.